The number of carbonyl (C=O) groups is 3. The molecule has 0 fully saturated rings. The second-order valence-corrected chi connectivity index (χ2v) is 8.93. The molecule has 36 heavy (non-hydrogen) atoms. The molecule has 0 unspecified atom stereocenters. The largest absolute Gasteiger partial charge is 0.497 e. The van der Waals surface area contributed by atoms with Crippen LogP contribution in [0.1, 0.15) is 30.7 Å². The lowest BCUT2D eigenvalue weighted by Gasteiger charge is -2.33. The zero-order valence-corrected chi connectivity index (χ0v) is 19.8. The number of Topliss-reactive ketones (excluding diaryl/α,β-unsaturated/α-hetero) is 1. The molecule has 3 aromatic rings. The number of ketones is 1. The minimum absolute atomic E-state index is 0.0567. The third kappa shape index (κ3) is 5.00. The maximum Gasteiger partial charge on any atom is 0.232 e. The normalized spacial score (nSPS) is 19.2. The summed E-state index contributed by atoms with van der Waals surface area (Å²) in [4.78, 5) is 38.9. The van der Waals surface area contributed by atoms with Crippen LogP contribution in [0.4, 0.5) is 5.69 Å². The summed E-state index contributed by atoms with van der Waals surface area (Å²) in [7, 11) is 1.60. The molecule has 0 radical (unpaired) electrons. The Kier molecular flexibility index (Phi) is 6.54. The van der Waals surface area contributed by atoms with E-state index in [1.54, 1.807) is 31.4 Å². The SMILES string of the molecule is COc1ccc([C@@H]2CC(=O)C3=C(C2)NC(=O)C[C@H]3C(=O)Nc2ccc(Oc3ccccc3)cc2)cc1. The summed E-state index contributed by atoms with van der Waals surface area (Å²) in [5, 5.41) is 5.71. The average molecular weight is 483 g/mol. The summed E-state index contributed by atoms with van der Waals surface area (Å²) in [6, 6.07) is 24.0. The number of hydrogen-bond acceptors (Lipinski definition) is 5. The molecule has 2 atom stereocenters. The van der Waals surface area contributed by atoms with Crippen molar-refractivity contribution in [1.82, 2.24) is 5.32 Å². The van der Waals surface area contributed by atoms with Crippen molar-refractivity contribution in [3.63, 3.8) is 0 Å². The minimum Gasteiger partial charge on any atom is -0.497 e. The first-order valence-corrected chi connectivity index (χ1v) is 11.8. The van der Waals surface area contributed by atoms with Gasteiger partial charge in [-0.05, 0) is 66.4 Å². The first-order valence-electron chi connectivity index (χ1n) is 11.8. The van der Waals surface area contributed by atoms with Gasteiger partial charge in [-0.3, -0.25) is 14.4 Å². The molecule has 5 rings (SSSR count). The Hall–Kier alpha value is -4.39. The van der Waals surface area contributed by atoms with Crippen molar-refractivity contribution in [3.05, 3.63) is 95.7 Å². The van der Waals surface area contributed by atoms with Crippen LogP contribution < -0.4 is 20.1 Å². The smallest absolute Gasteiger partial charge is 0.232 e. The standard InChI is InChI=1S/C29H26N2O5/c1-35-21-11-7-18(8-12-21)19-15-25-28(26(32)16-19)24(17-27(33)31-25)29(34)30-20-9-13-23(14-10-20)36-22-5-3-2-4-6-22/h2-14,19,24H,15-17H2,1H3,(H,30,34)(H,31,33)/t19-,24+/m0/s1. The second kappa shape index (κ2) is 10.1. The number of benzene rings is 3. The van der Waals surface area contributed by atoms with E-state index in [1.807, 2.05) is 54.6 Å². The van der Waals surface area contributed by atoms with E-state index in [0.29, 0.717) is 34.9 Å². The van der Waals surface area contributed by atoms with Crippen molar-refractivity contribution in [2.24, 2.45) is 5.92 Å². The van der Waals surface area contributed by atoms with E-state index in [2.05, 4.69) is 10.6 Å². The number of anilines is 1. The summed E-state index contributed by atoms with van der Waals surface area (Å²) in [5.41, 5.74) is 2.53. The Labute approximate surface area is 209 Å². The first-order chi connectivity index (χ1) is 17.5. The highest BCUT2D eigenvalue weighted by Gasteiger charge is 2.40. The molecule has 1 aliphatic heterocycles. The highest BCUT2D eigenvalue weighted by atomic mass is 16.5. The average Bonchev–Trinajstić information content (AvgIpc) is 2.89. The fraction of sp³-hybridized carbons (Fsp3) is 0.207. The Morgan fingerprint density at radius 2 is 1.50 bits per heavy atom. The van der Waals surface area contributed by atoms with Crippen molar-refractivity contribution < 1.29 is 23.9 Å². The number of rotatable bonds is 6. The molecule has 0 bridgehead atoms. The van der Waals surface area contributed by atoms with E-state index in [1.165, 1.54) is 0 Å². The van der Waals surface area contributed by atoms with Gasteiger partial charge in [0.25, 0.3) is 0 Å². The highest BCUT2D eigenvalue weighted by molar-refractivity contribution is 6.09. The molecule has 0 saturated heterocycles. The van der Waals surface area contributed by atoms with Gasteiger partial charge < -0.3 is 20.1 Å². The third-order valence-corrected chi connectivity index (χ3v) is 6.54. The van der Waals surface area contributed by atoms with Gasteiger partial charge >= 0.3 is 0 Å². The number of allylic oxidation sites excluding steroid dienone is 1. The Morgan fingerprint density at radius 3 is 2.19 bits per heavy atom. The highest BCUT2D eigenvalue weighted by Crippen LogP contribution is 2.39. The Bertz CT molecular complexity index is 1310. The topological polar surface area (TPSA) is 93.7 Å². The number of amides is 2. The van der Waals surface area contributed by atoms with Crippen molar-refractivity contribution in [3.8, 4) is 17.2 Å². The summed E-state index contributed by atoms with van der Waals surface area (Å²) in [6.45, 7) is 0. The van der Waals surface area contributed by atoms with Crippen LogP contribution in [-0.2, 0) is 14.4 Å². The molecule has 182 valence electrons. The van der Waals surface area contributed by atoms with Gasteiger partial charge in [0.2, 0.25) is 11.8 Å². The summed E-state index contributed by atoms with van der Waals surface area (Å²) in [5.74, 6) is 0.458. The molecular formula is C29H26N2O5. The van der Waals surface area contributed by atoms with E-state index in [-0.39, 0.29) is 36.4 Å². The van der Waals surface area contributed by atoms with Gasteiger partial charge in [-0.25, -0.2) is 0 Å². The molecule has 2 N–H and O–H groups in total. The molecule has 1 heterocycles. The molecular weight excluding hydrogens is 456 g/mol. The van der Waals surface area contributed by atoms with Crippen LogP contribution >= 0.6 is 0 Å². The fourth-order valence-electron chi connectivity index (χ4n) is 4.76. The fourth-order valence-corrected chi connectivity index (χ4v) is 4.76. The van der Waals surface area contributed by atoms with Gasteiger partial charge in [-0.2, -0.15) is 0 Å². The second-order valence-electron chi connectivity index (χ2n) is 8.93. The van der Waals surface area contributed by atoms with Gasteiger partial charge in [0.05, 0.1) is 13.0 Å². The Morgan fingerprint density at radius 1 is 0.833 bits per heavy atom. The zero-order valence-electron chi connectivity index (χ0n) is 19.8. The number of methoxy groups -OCH3 is 1. The lowest BCUT2D eigenvalue weighted by atomic mass is 9.75. The number of para-hydroxylation sites is 1. The van der Waals surface area contributed by atoms with Crippen LogP contribution in [0.2, 0.25) is 0 Å². The van der Waals surface area contributed by atoms with Gasteiger partial charge in [-0.1, -0.05) is 30.3 Å². The molecule has 7 nitrogen and oxygen atoms in total. The lowest BCUT2D eigenvalue weighted by molar-refractivity contribution is -0.129. The number of hydrogen-bond donors (Lipinski definition) is 2. The van der Waals surface area contributed by atoms with E-state index >= 15 is 0 Å². The van der Waals surface area contributed by atoms with Crippen molar-refractivity contribution in [1.29, 1.82) is 0 Å². The molecule has 2 aliphatic rings. The van der Waals surface area contributed by atoms with Crippen LogP contribution in [0.3, 0.4) is 0 Å². The van der Waals surface area contributed by atoms with Crippen LogP contribution in [0.5, 0.6) is 17.2 Å². The van der Waals surface area contributed by atoms with Gasteiger partial charge in [0, 0.05) is 29.8 Å². The summed E-state index contributed by atoms with van der Waals surface area (Å²) in [6.07, 6.45) is 0.726. The van der Waals surface area contributed by atoms with Crippen molar-refractivity contribution >= 4 is 23.3 Å². The van der Waals surface area contributed by atoms with E-state index in [4.69, 9.17) is 9.47 Å². The molecule has 2 amide bonds. The Balaban J connectivity index is 1.30. The van der Waals surface area contributed by atoms with Crippen LogP contribution in [0.15, 0.2) is 90.1 Å². The van der Waals surface area contributed by atoms with E-state index in [9.17, 15) is 14.4 Å². The van der Waals surface area contributed by atoms with E-state index < -0.39 is 5.92 Å². The minimum atomic E-state index is -0.821. The number of ether oxygens (including phenoxy) is 2. The molecule has 7 heteroatoms. The van der Waals surface area contributed by atoms with Gasteiger partial charge in [-0.15, -0.1) is 0 Å². The molecule has 0 aromatic heterocycles. The van der Waals surface area contributed by atoms with Crippen molar-refractivity contribution in [2.75, 3.05) is 12.4 Å². The molecule has 1 aliphatic carbocycles. The van der Waals surface area contributed by atoms with Crippen LogP contribution in [0.25, 0.3) is 0 Å². The van der Waals surface area contributed by atoms with E-state index in [0.717, 1.165) is 11.3 Å². The summed E-state index contributed by atoms with van der Waals surface area (Å²) >= 11 is 0. The van der Waals surface area contributed by atoms with Gasteiger partial charge in [0.15, 0.2) is 5.78 Å². The van der Waals surface area contributed by atoms with Crippen LogP contribution in [-0.4, -0.2) is 24.7 Å². The molecule has 0 spiro atoms. The maximum absolute atomic E-state index is 13.2. The third-order valence-electron chi connectivity index (χ3n) is 6.54. The number of nitrogens with one attached hydrogen (secondary N) is 2. The summed E-state index contributed by atoms with van der Waals surface area (Å²) < 4.78 is 11.0. The zero-order chi connectivity index (χ0) is 25.1. The predicted octanol–water partition coefficient (Wildman–Crippen LogP) is 4.96. The lowest BCUT2D eigenvalue weighted by Crippen LogP contribution is -2.43. The first kappa shape index (κ1) is 23.4. The maximum atomic E-state index is 13.2. The molecule has 0 saturated carbocycles. The quantitative estimate of drug-likeness (QED) is 0.518. The molecule has 3 aromatic carbocycles. The van der Waals surface area contributed by atoms with Crippen LogP contribution in [0, 0.1) is 5.92 Å². The van der Waals surface area contributed by atoms with Crippen molar-refractivity contribution in [2.45, 2.75) is 25.2 Å². The van der Waals surface area contributed by atoms with Gasteiger partial charge in [0.1, 0.15) is 17.2 Å². The monoisotopic (exact) mass is 482 g/mol. The predicted molar refractivity (Wildman–Crippen MR) is 135 cm³/mol. The number of carbonyl (C=O) groups excluding carboxylic acids is 3.